The van der Waals surface area contributed by atoms with E-state index in [1.165, 1.54) is 16.8 Å². The molecule has 7 heteroatoms. The molecule has 1 aromatic heterocycles. The van der Waals surface area contributed by atoms with Crippen LogP contribution in [-0.4, -0.2) is 51.5 Å². The van der Waals surface area contributed by atoms with Crippen LogP contribution in [0.2, 0.25) is 0 Å². The van der Waals surface area contributed by atoms with Crippen LogP contribution in [0, 0.1) is 0 Å². The van der Waals surface area contributed by atoms with Crippen LogP contribution in [0.25, 0.3) is 0 Å². The Labute approximate surface area is 180 Å². The fraction of sp³-hybridized carbons (Fsp3) is 0.292. The predicted molar refractivity (Wildman–Crippen MR) is 119 cm³/mol. The lowest BCUT2D eigenvalue weighted by Crippen LogP contribution is -2.52. The van der Waals surface area contributed by atoms with Gasteiger partial charge in [0, 0.05) is 31.9 Å². The molecule has 1 aliphatic rings. The van der Waals surface area contributed by atoms with Gasteiger partial charge >= 0.3 is 5.69 Å². The van der Waals surface area contributed by atoms with E-state index < -0.39 is 11.2 Å². The molecule has 160 valence electrons. The van der Waals surface area contributed by atoms with Crippen LogP contribution in [0.3, 0.4) is 0 Å². The average Bonchev–Trinajstić information content (AvgIpc) is 2.79. The van der Waals surface area contributed by atoms with E-state index in [2.05, 4.69) is 4.90 Å². The number of carbonyl (C=O) groups excluding carboxylic acids is 1. The molecule has 2 aromatic carbocycles. The lowest BCUT2D eigenvalue weighted by Gasteiger charge is -2.40. The number of benzene rings is 2. The number of likely N-dealkylation sites (N-methyl/N-ethyl adjacent to an activating group) is 1. The largest absolute Gasteiger partial charge is 0.332 e. The fourth-order valence-corrected chi connectivity index (χ4v) is 4.01. The molecule has 2 heterocycles. The monoisotopic (exact) mass is 418 g/mol. The molecular formula is C24H26N4O3. The molecule has 31 heavy (non-hydrogen) atoms. The Morgan fingerprint density at radius 3 is 2.32 bits per heavy atom. The lowest BCUT2D eigenvalue weighted by atomic mass is 10.0. The zero-order valence-corrected chi connectivity index (χ0v) is 17.6. The molecular weight excluding hydrogens is 392 g/mol. The normalized spacial score (nSPS) is 16.9. The molecule has 1 aliphatic heterocycles. The van der Waals surface area contributed by atoms with Gasteiger partial charge in [-0.1, -0.05) is 60.7 Å². The third-order valence-corrected chi connectivity index (χ3v) is 5.72. The maximum Gasteiger partial charge on any atom is 0.331 e. The van der Waals surface area contributed by atoms with Crippen LogP contribution >= 0.6 is 0 Å². The van der Waals surface area contributed by atoms with Gasteiger partial charge in [-0.05, 0) is 18.2 Å². The molecule has 0 aliphatic carbocycles. The SMILES string of the molecule is CN1CCN(C(=O)Cn2c(=O)ccn(Cc3ccccc3)c2=O)[C@@H](c2ccccc2)C1. The molecule has 3 aromatic rings. The fourth-order valence-electron chi connectivity index (χ4n) is 4.01. The van der Waals surface area contributed by atoms with E-state index in [0.29, 0.717) is 19.6 Å². The molecule has 1 amide bonds. The average molecular weight is 418 g/mol. The number of carbonyl (C=O) groups is 1. The van der Waals surface area contributed by atoms with E-state index in [0.717, 1.165) is 22.2 Å². The number of hydrogen-bond donors (Lipinski definition) is 0. The van der Waals surface area contributed by atoms with Crippen LogP contribution in [0.4, 0.5) is 0 Å². The minimum atomic E-state index is -0.477. The topological polar surface area (TPSA) is 67.5 Å². The molecule has 1 saturated heterocycles. The zero-order valence-electron chi connectivity index (χ0n) is 17.6. The van der Waals surface area contributed by atoms with E-state index in [1.54, 1.807) is 4.90 Å². The van der Waals surface area contributed by atoms with E-state index in [-0.39, 0.29) is 18.5 Å². The van der Waals surface area contributed by atoms with Crippen LogP contribution in [0.1, 0.15) is 17.2 Å². The standard InChI is InChI=1S/C24H26N4O3/c1-25-14-15-27(21(17-25)20-10-6-3-7-11-20)23(30)18-28-22(29)12-13-26(24(28)31)16-19-8-4-2-5-9-19/h2-13,21H,14-18H2,1H3/t21-/m1/s1. The molecule has 0 saturated carbocycles. The van der Waals surface area contributed by atoms with Gasteiger partial charge in [-0.3, -0.25) is 18.7 Å². The van der Waals surface area contributed by atoms with Crippen molar-refractivity contribution in [3.63, 3.8) is 0 Å². The Bertz CT molecular complexity index is 1150. The summed E-state index contributed by atoms with van der Waals surface area (Å²) in [5.41, 5.74) is 1.05. The number of aromatic nitrogens is 2. The zero-order chi connectivity index (χ0) is 21.8. The number of nitrogens with zero attached hydrogens (tertiary/aromatic N) is 4. The molecule has 0 radical (unpaired) electrons. The van der Waals surface area contributed by atoms with Gasteiger partial charge in [0.25, 0.3) is 5.56 Å². The van der Waals surface area contributed by atoms with Crippen LogP contribution in [-0.2, 0) is 17.9 Å². The van der Waals surface area contributed by atoms with Gasteiger partial charge in [-0.2, -0.15) is 0 Å². The van der Waals surface area contributed by atoms with Crippen molar-refractivity contribution >= 4 is 5.91 Å². The first-order valence-electron chi connectivity index (χ1n) is 10.4. The van der Waals surface area contributed by atoms with Crippen molar-refractivity contribution in [1.29, 1.82) is 0 Å². The Kier molecular flexibility index (Phi) is 6.13. The van der Waals surface area contributed by atoms with E-state index in [4.69, 9.17) is 0 Å². The Morgan fingerprint density at radius 1 is 0.935 bits per heavy atom. The summed E-state index contributed by atoms with van der Waals surface area (Å²) in [5, 5.41) is 0. The molecule has 1 fully saturated rings. The van der Waals surface area contributed by atoms with Crippen molar-refractivity contribution < 1.29 is 4.79 Å². The molecule has 0 bridgehead atoms. The third kappa shape index (κ3) is 4.67. The Hall–Kier alpha value is -3.45. The highest BCUT2D eigenvalue weighted by molar-refractivity contribution is 5.76. The molecule has 0 N–H and O–H groups in total. The highest BCUT2D eigenvalue weighted by Crippen LogP contribution is 2.25. The molecule has 7 nitrogen and oxygen atoms in total. The third-order valence-electron chi connectivity index (χ3n) is 5.72. The highest BCUT2D eigenvalue weighted by atomic mass is 16.2. The van der Waals surface area contributed by atoms with Crippen molar-refractivity contribution in [1.82, 2.24) is 18.9 Å². The van der Waals surface area contributed by atoms with Gasteiger partial charge in [-0.25, -0.2) is 4.79 Å². The molecule has 0 unspecified atom stereocenters. The lowest BCUT2D eigenvalue weighted by molar-refractivity contribution is -0.137. The number of amides is 1. The Balaban J connectivity index is 1.59. The van der Waals surface area contributed by atoms with E-state index in [9.17, 15) is 14.4 Å². The summed E-state index contributed by atoms with van der Waals surface area (Å²) in [7, 11) is 2.03. The van der Waals surface area contributed by atoms with Crippen molar-refractivity contribution in [2.45, 2.75) is 19.1 Å². The maximum absolute atomic E-state index is 13.2. The van der Waals surface area contributed by atoms with Crippen LogP contribution < -0.4 is 11.2 Å². The number of piperazine rings is 1. The molecule has 4 rings (SSSR count). The minimum Gasteiger partial charge on any atom is -0.332 e. The second-order valence-corrected chi connectivity index (χ2v) is 7.91. The van der Waals surface area contributed by atoms with Crippen molar-refractivity contribution in [3.05, 3.63) is 105 Å². The Morgan fingerprint density at radius 2 is 1.61 bits per heavy atom. The number of hydrogen-bond acceptors (Lipinski definition) is 4. The summed E-state index contributed by atoms with van der Waals surface area (Å²) in [4.78, 5) is 42.6. The quantitative estimate of drug-likeness (QED) is 0.631. The second kappa shape index (κ2) is 9.14. The van der Waals surface area contributed by atoms with Crippen LogP contribution in [0.15, 0.2) is 82.5 Å². The summed E-state index contributed by atoms with van der Waals surface area (Å²) < 4.78 is 2.49. The maximum atomic E-state index is 13.2. The first-order valence-corrected chi connectivity index (χ1v) is 10.4. The second-order valence-electron chi connectivity index (χ2n) is 7.91. The van der Waals surface area contributed by atoms with Crippen LogP contribution in [0.5, 0.6) is 0 Å². The van der Waals surface area contributed by atoms with Crippen molar-refractivity contribution in [3.8, 4) is 0 Å². The van der Waals surface area contributed by atoms with Crippen molar-refractivity contribution in [2.24, 2.45) is 0 Å². The van der Waals surface area contributed by atoms with Gasteiger partial charge in [-0.15, -0.1) is 0 Å². The number of rotatable bonds is 5. The van der Waals surface area contributed by atoms with Gasteiger partial charge in [0.1, 0.15) is 6.54 Å². The summed E-state index contributed by atoms with van der Waals surface area (Å²) in [6.45, 7) is 2.08. The molecule has 1 atom stereocenters. The van der Waals surface area contributed by atoms with E-state index in [1.807, 2.05) is 67.7 Å². The molecule has 0 spiro atoms. The van der Waals surface area contributed by atoms with Gasteiger partial charge in [0.15, 0.2) is 0 Å². The first kappa shape index (κ1) is 20.8. The smallest absolute Gasteiger partial charge is 0.331 e. The van der Waals surface area contributed by atoms with Gasteiger partial charge < -0.3 is 9.80 Å². The highest BCUT2D eigenvalue weighted by Gasteiger charge is 2.30. The minimum absolute atomic E-state index is 0.113. The summed E-state index contributed by atoms with van der Waals surface area (Å²) in [6.07, 6.45) is 1.49. The van der Waals surface area contributed by atoms with E-state index >= 15 is 0 Å². The summed E-state index contributed by atoms with van der Waals surface area (Å²) >= 11 is 0. The van der Waals surface area contributed by atoms with Gasteiger partial charge in [0.05, 0.1) is 12.6 Å². The first-order chi connectivity index (χ1) is 15.0. The summed E-state index contributed by atoms with van der Waals surface area (Å²) in [6, 6.07) is 20.6. The van der Waals surface area contributed by atoms with Crippen molar-refractivity contribution in [2.75, 3.05) is 26.7 Å². The predicted octanol–water partition coefficient (Wildman–Crippen LogP) is 1.57. The summed E-state index contributed by atoms with van der Waals surface area (Å²) in [5.74, 6) is -0.224. The van der Waals surface area contributed by atoms with Gasteiger partial charge in [0.2, 0.25) is 5.91 Å².